The largest absolute Gasteiger partial charge is 0.457 e. The van der Waals surface area contributed by atoms with Crippen LogP contribution < -0.4 is 10.1 Å². The Morgan fingerprint density at radius 3 is 2.00 bits per heavy atom. The van der Waals surface area contributed by atoms with Crippen LogP contribution in [0.1, 0.15) is 0 Å². The van der Waals surface area contributed by atoms with E-state index in [9.17, 15) is 4.79 Å². The summed E-state index contributed by atoms with van der Waals surface area (Å²) in [4.78, 5) is 11.7. The highest BCUT2D eigenvalue weighted by Crippen LogP contribution is 2.34. The topological polar surface area (TPSA) is 38.3 Å². The molecule has 0 aliphatic rings. The van der Waals surface area contributed by atoms with Gasteiger partial charge in [0.15, 0.2) is 0 Å². The van der Waals surface area contributed by atoms with Crippen molar-refractivity contribution in [2.45, 2.75) is 2.14 Å². The summed E-state index contributed by atoms with van der Waals surface area (Å²) in [6, 6.07) is 16.6. The van der Waals surface area contributed by atoms with Crippen LogP contribution in [0.25, 0.3) is 0 Å². The first-order valence-corrected chi connectivity index (χ1v) is 8.04. The fourth-order valence-corrected chi connectivity index (χ4v) is 1.73. The van der Waals surface area contributed by atoms with Gasteiger partial charge in [-0.05, 0) is 84.2 Å². The van der Waals surface area contributed by atoms with Crippen molar-refractivity contribution in [2.24, 2.45) is 0 Å². The summed E-state index contributed by atoms with van der Waals surface area (Å²) >= 11 is 9.47. The molecule has 1 amide bonds. The number of carbonyl (C=O) groups is 1. The fourth-order valence-electron chi connectivity index (χ4n) is 1.43. The van der Waals surface area contributed by atoms with Crippen LogP contribution in [-0.2, 0) is 4.79 Å². The van der Waals surface area contributed by atoms with Crippen LogP contribution in [0.3, 0.4) is 0 Å². The number of benzene rings is 2. The van der Waals surface area contributed by atoms with E-state index >= 15 is 0 Å². The minimum absolute atomic E-state index is 0.255. The van der Waals surface area contributed by atoms with E-state index < -0.39 is 2.14 Å². The number of para-hydroxylation sites is 1. The highest BCUT2D eigenvalue weighted by atomic mass is 80.0. The van der Waals surface area contributed by atoms with Crippen molar-refractivity contribution in [3.8, 4) is 11.5 Å². The van der Waals surface area contributed by atoms with Crippen LogP contribution >= 0.6 is 47.8 Å². The average molecular weight is 464 g/mol. The number of amides is 1. The van der Waals surface area contributed by atoms with Gasteiger partial charge in [-0.3, -0.25) is 4.79 Å². The first-order chi connectivity index (χ1) is 9.45. The molecule has 0 fully saturated rings. The van der Waals surface area contributed by atoms with Gasteiger partial charge in [0.2, 0.25) is 2.14 Å². The Hall–Kier alpha value is -0.850. The van der Waals surface area contributed by atoms with E-state index in [1.165, 1.54) is 0 Å². The molecular formula is C14H10Br3NO2. The number of hydrogen-bond donors (Lipinski definition) is 1. The summed E-state index contributed by atoms with van der Waals surface area (Å²) in [6.07, 6.45) is 0. The predicted molar refractivity (Wildman–Crippen MR) is 91.1 cm³/mol. The lowest BCUT2D eigenvalue weighted by Gasteiger charge is -2.13. The van der Waals surface area contributed by atoms with Gasteiger partial charge in [0.25, 0.3) is 5.91 Å². The minimum atomic E-state index is -0.966. The number of carbonyl (C=O) groups excluding carboxylic acids is 1. The summed E-state index contributed by atoms with van der Waals surface area (Å²) in [5.74, 6) is 1.22. The van der Waals surface area contributed by atoms with Crippen molar-refractivity contribution < 1.29 is 9.53 Å². The van der Waals surface area contributed by atoms with E-state index in [0.29, 0.717) is 11.4 Å². The molecule has 20 heavy (non-hydrogen) atoms. The van der Waals surface area contributed by atoms with Gasteiger partial charge in [-0.1, -0.05) is 18.2 Å². The van der Waals surface area contributed by atoms with Crippen LogP contribution in [0.2, 0.25) is 0 Å². The zero-order chi connectivity index (χ0) is 14.6. The molecule has 104 valence electrons. The summed E-state index contributed by atoms with van der Waals surface area (Å²) in [6.45, 7) is 0. The second-order valence-electron chi connectivity index (χ2n) is 3.89. The molecule has 0 aromatic heterocycles. The number of halogens is 3. The molecule has 0 radical (unpaired) electrons. The van der Waals surface area contributed by atoms with Crippen molar-refractivity contribution in [1.29, 1.82) is 0 Å². The zero-order valence-corrected chi connectivity index (χ0v) is 14.9. The molecule has 1 N–H and O–H groups in total. The SMILES string of the molecule is O=C(Nc1ccc(Oc2ccccc2)cc1)C(Br)(Br)Br. The molecule has 2 aromatic carbocycles. The standard InChI is InChI=1S/C14H10Br3NO2/c15-14(16,17)13(19)18-10-6-8-12(9-7-10)20-11-4-2-1-3-5-11/h1-9H,(H,18,19). The number of alkyl halides is 3. The van der Waals surface area contributed by atoms with Gasteiger partial charge in [0.05, 0.1) is 0 Å². The second kappa shape index (κ2) is 6.74. The zero-order valence-electron chi connectivity index (χ0n) is 10.1. The molecule has 2 aromatic rings. The van der Waals surface area contributed by atoms with Crippen LogP contribution in [0, 0.1) is 0 Å². The van der Waals surface area contributed by atoms with Gasteiger partial charge >= 0.3 is 0 Å². The lowest BCUT2D eigenvalue weighted by molar-refractivity contribution is -0.114. The van der Waals surface area contributed by atoms with Gasteiger partial charge in [0, 0.05) is 5.69 Å². The maximum absolute atomic E-state index is 11.7. The Labute approximate surface area is 142 Å². The molecule has 0 spiro atoms. The average Bonchev–Trinajstić information content (AvgIpc) is 2.41. The molecule has 0 atom stereocenters. The first kappa shape index (κ1) is 15.5. The van der Waals surface area contributed by atoms with Crippen LogP contribution in [0.5, 0.6) is 11.5 Å². The monoisotopic (exact) mass is 461 g/mol. The maximum atomic E-state index is 11.7. The van der Waals surface area contributed by atoms with Crippen molar-refractivity contribution >= 4 is 59.4 Å². The van der Waals surface area contributed by atoms with E-state index in [1.807, 2.05) is 30.3 Å². The molecule has 0 saturated carbocycles. The van der Waals surface area contributed by atoms with Crippen molar-refractivity contribution in [3.05, 3.63) is 54.6 Å². The molecule has 0 aliphatic heterocycles. The molecule has 0 unspecified atom stereocenters. The predicted octanol–water partition coefficient (Wildman–Crippen LogP) is 5.26. The van der Waals surface area contributed by atoms with Crippen LogP contribution in [-0.4, -0.2) is 8.05 Å². The fraction of sp³-hybridized carbons (Fsp3) is 0.0714. The summed E-state index contributed by atoms with van der Waals surface area (Å²) < 4.78 is 4.70. The number of rotatable bonds is 3. The van der Waals surface area contributed by atoms with E-state index in [0.717, 1.165) is 5.75 Å². The first-order valence-electron chi connectivity index (χ1n) is 5.66. The summed E-state index contributed by atoms with van der Waals surface area (Å²) in [5.41, 5.74) is 0.679. The summed E-state index contributed by atoms with van der Waals surface area (Å²) in [7, 11) is 0. The third-order valence-electron chi connectivity index (χ3n) is 2.35. The van der Waals surface area contributed by atoms with E-state index in [2.05, 4.69) is 53.1 Å². The molecular weight excluding hydrogens is 454 g/mol. The minimum Gasteiger partial charge on any atom is -0.457 e. The van der Waals surface area contributed by atoms with Gasteiger partial charge in [0.1, 0.15) is 11.5 Å². The lowest BCUT2D eigenvalue weighted by atomic mass is 10.3. The third kappa shape index (κ3) is 4.61. The molecule has 0 bridgehead atoms. The Morgan fingerprint density at radius 2 is 1.45 bits per heavy atom. The number of anilines is 1. The maximum Gasteiger partial charge on any atom is 0.263 e. The molecule has 6 heteroatoms. The normalized spacial score (nSPS) is 10.9. The highest BCUT2D eigenvalue weighted by molar-refractivity contribution is 9.40. The van der Waals surface area contributed by atoms with Crippen molar-refractivity contribution in [3.63, 3.8) is 0 Å². The number of hydrogen-bond acceptors (Lipinski definition) is 2. The Balaban J connectivity index is 2.02. The van der Waals surface area contributed by atoms with E-state index in [4.69, 9.17) is 4.74 Å². The van der Waals surface area contributed by atoms with Crippen LogP contribution in [0.4, 0.5) is 5.69 Å². The molecule has 0 heterocycles. The number of nitrogens with one attached hydrogen (secondary N) is 1. The lowest BCUT2D eigenvalue weighted by Crippen LogP contribution is -2.25. The van der Waals surface area contributed by atoms with Crippen LogP contribution in [0.15, 0.2) is 54.6 Å². The van der Waals surface area contributed by atoms with E-state index in [-0.39, 0.29) is 5.91 Å². The quantitative estimate of drug-likeness (QED) is 0.631. The third-order valence-corrected chi connectivity index (χ3v) is 3.43. The molecule has 2 rings (SSSR count). The molecule has 3 nitrogen and oxygen atoms in total. The molecule has 0 aliphatic carbocycles. The van der Waals surface area contributed by atoms with Crippen molar-refractivity contribution in [1.82, 2.24) is 0 Å². The van der Waals surface area contributed by atoms with Crippen molar-refractivity contribution in [2.75, 3.05) is 5.32 Å². The van der Waals surface area contributed by atoms with Gasteiger partial charge in [-0.2, -0.15) is 0 Å². The smallest absolute Gasteiger partial charge is 0.263 e. The summed E-state index contributed by atoms with van der Waals surface area (Å²) in [5, 5.41) is 2.74. The van der Waals surface area contributed by atoms with Gasteiger partial charge in [-0.15, -0.1) is 0 Å². The Bertz CT molecular complexity index is 580. The molecule has 0 saturated heterocycles. The Morgan fingerprint density at radius 1 is 0.900 bits per heavy atom. The van der Waals surface area contributed by atoms with Gasteiger partial charge < -0.3 is 10.1 Å². The van der Waals surface area contributed by atoms with Gasteiger partial charge in [-0.25, -0.2) is 0 Å². The second-order valence-corrected chi connectivity index (χ2v) is 10.7. The van der Waals surface area contributed by atoms with E-state index in [1.54, 1.807) is 24.3 Å². The highest BCUT2D eigenvalue weighted by Gasteiger charge is 2.28. The Kier molecular flexibility index (Phi) is 5.23. The number of ether oxygens (including phenoxy) is 1.